The van der Waals surface area contributed by atoms with E-state index in [2.05, 4.69) is 68.6 Å². The fourth-order valence-electron chi connectivity index (χ4n) is 4.80. The van der Waals surface area contributed by atoms with Gasteiger partial charge >= 0.3 is 0 Å². The zero-order valence-electron chi connectivity index (χ0n) is 15.6. The summed E-state index contributed by atoms with van der Waals surface area (Å²) in [6, 6.07) is 11.5. The van der Waals surface area contributed by atoms with Gasteiger partial charge in [0.05, 0.1) is 12.6 Å². The van der Waals surface area contributed by atoms with Crippen molar-refractivity contribution in [2.24, 2.45) is 5.92 Å². The Kier molecular flexibility index (Phi) is 4.07. The molecular formula is C23H27NO. The molecule has 1 aliphatic carbocycles. The Hall–Kier alpha value is -2.22. The first-order valence-corrected chi connectivity index (χ1v) is 9.36. The summed E-state index contributed by atoms with van der Waals surface area (Å²) in [4.78, 5) is 0. The Labute approximate surface area is 150 Å². The molecule has 130 valence electrons. The number of fused-ring (bicyclic) bond motifs is 3. The standard InChI is InChI=1S/C23H27NO/c1-5-25-17-9-10-21-20(13-17)18-7-6-8-19(18)23(24-21)22-15(3)11-14(2)12-16(22)4/h6-7,9-13,18-19,23-24H,5,8H2,1-4H3. The number of anilines is 1. The van der Waals surface area contributed by atoms with Crippen molar-refractivity contribution in [3.63, 3.8) is 0 Å². The van der Waals surface area contributed by atoms with Crippen LogP contribution in [0.25, 0.3) is 0 Å². The van der Waals surface area contributed by atoms with E-state index in [0.29, 0.717) is 24.5 Å². The maximum Gasteiger partial charge on any atom is 0.119 e. The third-order valence-electron chi connectivity index (χ3n) is 5.69. The first-order chi connectivity index (χ1) is 12.1. The third kappa shape index (κ3) is 2.74. The van der Waals surface area contributed by atoms with Crippen LogP contribution < -0.4 is 10.1 Å². The molecule has 0 radical (unpaired) electrons. The summed E-state index contributed by atoms with van der Waals surface area (Å²) in [5.74, 6) is 2.02. The minimum atomic E-state index is 0.367. The number of benzene rings is 2. The lowest BCUT2D eigenvalue weighted by Gasteiger charge is -2.39. The molecule has 0 fully saturated rings. The molecule has 0 aromatic heterocycles. The molecule has 0 saturated carbocycles. The molecule has 1 aliphatic heterocycles. The summed E-state index contributed by atoms with van der Waals surface area (Å²) >= 11 is 0. The average molecular weight is 333 g/mol. The van der Waals surface area contributed by atoms with Crippen molar-refractivity contribution in [1.82, 2.24) is 0 Å². The van der Waals surface area contributed by atoms with Gasteiger partial charge in [0, 0.05) is 11.6 Å². The van der Waals surface area contributed by atoms with Gasteiger partial charge in [0.25, 0.3) is 0 Å². The lowest BCUT2D eigenvalue weighted by molar-refractivity contribution is 0.338. The average Bonchev–Trinajstić information content (AvgIpc) is 3.04. The zero-order chi connectivity index (χ0) is 17.6. The number of aryl methyl sites for hydroxylation is 3. The number of nitrogens with one attached hydrogen (secondary N) is 1. The van der Waals surface area contributed by atoms with Crippen molar-refractivity contribution < 1.29 is 4.74 Å². The second-order valence-electron chi connectivity index (χ2n) is 7.47. The van der Waals surface area contributed by atoms with E-state index in [4.69, 9.17) is 4.74 Å². The van der Waals surface area contributed by atoms with Crippen LogP contribution in [0.5, 0.6) is 5.75 Å². The molecule has 2 aromatic rings. The highest BCUT2D eigenvalue weighted by Gasteiger charge is 2.39. The van der Waals surface area contributed by atoms with Crippen LogP contribution in [0.4, 0.5) is 5.69 Å². The molecule has 0 saturated heterocycles. The lowest BCUT2D eigenvalue weighted by atomic mass is 9.75. The highest BCUT2D eigenvalue weighted by molar-refractivity contribution is 5.62. The summed E-state index contributed by atoms with van der Waals surface area (Å²) < 4.78 is 5.73. The van der Waals surface area contributed by atoms with Crippen LogP contribution in [0.2, 0.25) is 0 Å². The van der Waals surface area contributed by atoms with Gasteiger partial charge in [0.2, 0.25) is 0 Å². The predicted octanol–water partition coefficient (Wildman–Crippen LogP) is 5.84. The Morgan fingerprint density at radius 2 is 1.84 bits per heavy atom. The van der Waals surface area contributed by atoms with Crippen LogP contribution in [0.1, 0.15) is 53.1 Å². The molecule has 1 N–H and O–H groups in total. The quantitative estimate of drug-likeness (QED) is 0.713. The Morgan fingerprint density at radius 1 is 1.08 bits per heavy atom. The minimum Gasteiger partial charge on any atom is -0.494 e. The van der Waals surface area contributed by atoms with Crippen molar-refractivity contribution >= 4 is 5.69 Å². The van der Waals surface area contributed by atoms with Gasteiger partial charge in [-0.1, -0.05) is 29.8 Å². The normalized spacial score (nSPS) is 23.8. The van der Waals surface area contributed by atoms with E-state index >= 15 is 0 Å². The van der Waals surface area contributed by atoms with Gasteiger partial charge < -0.3 is 10.1 Å². The van der Waals surface area contributed by atoms with Crippen LogP contribution in [0.3, 0.4) is 0 Å². The molecular weight excluding hydrogens is 306 g/mol. The number of hydrogen-bond donors (Lipinski definition) is 1. The minimum absolute atomic E-state index is 0.367. The van der Waals surface area contributed by atoms with E-state index in [-0.39, 0.29) is 0 Å². The van der Waals surface area contributed by atoms with Crippen LogP contribution in [-0.4, -0.2) is 6.61 Å². The molecule has 3 atom stereocenters. The molecule has 25 heavy (non-hydrogen) atoms. The number of ether oxygens (including phenoxy) is 1. The molecule has 4 rings (SSSR count). The van der Waals surface area contributed by atoms with Gasteiger partial charge in [0.1, 0.15) is 5.75 Å². The van der Waals surface area contributed by atoms with Gasteiger partial charge in [-0.15, -0.1) is 0 Å². The Morgan fingerprint density at radius 3 is 2.56 bits per heavy atom. The van der Waals surface area contributed by atoms with Crippen molar-refractivity contribution in [1.29, 1.82) is 0 Å². The monoisotopic (exact) mass is 333 g/mol. The smallest absolute Gasteiger partial charge is 0.119 e. The van der Waals surface area contributed by atoms with Crippen LogP contribution in [0.15, 0.2) is 42.5 Å². The fourth-order valence-corrected chi connectivity index (χ4v) is 4.80. The predicted molar refractivity (Wildman–Crippen MR) is 105 cm³/mol. The van der Waals surface area contributed by atoms with Gasteiger partial charge in [-0.25, -0.2) is 0 Å². The summed E-state index contributed by atoms with van der Waals surface area (Å²) in [6.45, 7) is 9.43. The summed E-state index contributed by atoms with van der Waals surface area (Å²) in [6.07, 6.45) is 5.88. The van der Waals surface area contributed by atoms with Gasteiger partial charge in [-0.2, -0.15) is 0 Å². The lowest BCUT2D eigenvalue weighted by Crippen LogP contribution is -2.30. The Bertz CT molecular complexity index is 813. The van der Waals surface area contributed by atoms with Gasteiger partial charge in [-0.05, 0) is 80.5 Å². The molecule has 0 bridgehead atoms. The molecule has 0 spiro atoms. The maximum absolute atomic E-state index is 5.73. The third-order valence-corrected chi connectivity index (χ3v) is 5.69. The first-order valence-electron chi connectivity index (χ1n) is 9.36. The van der Waals surface area contributed by atoms with Crippen LogP contribution in [-0.2, 0) is 0 Å². The Balaban J connectivity index is 1.79. The van der Waals surface area contributed by atoms with E-state index < -0.39 is 0 Å². The molecule has 2 nitrogen and oxygen atoms in total. The summed E-state index contributed by atoms with van der Waals surface area (Å²) in [5, 5.41) is 3.86. The van der Waals surface area contributed by atoms with Crippen molar-refractivity contribution in [2.45, 2.75) is 46.1 Å². The number of allylic oxidation sites excluding steroid dienone is 2. The van der Waals surface area contributed by atoms with E-state index in [0.717, 1.165) is 12.2 Å². The molecule has 3 unspecified atom stereocenters. The zero-order valence-corrected chi connectivity index (χ0v) is 15.6. The molecule has 2 aliphatic rings. The molecule has 2 aromatic carbocycles. The second kappa shape index (κ2) is 6.25. The van der Waals surface area contributed by atoms with E-state index in [9.17, 15) is 0 Å². The first kappa shape index (κ1) is 16.3. The van der Waals surface area contributed by atoms with Gasteiger partial charge in [-0.3, -0.25) is 0 Å². The fraction of sp³-hybridized carbons (Fsp3) is 0.391. The van der Waals surface area contributed by atoms with E-state index in [1.54, 1.807) is 0 Å². The largest absolute Gasteiger partial charge is 0.494 e. The van der Waals surface area contributed by atoms with Crippen LogP contribution in [0, 0.1) is 26.7 Å². The number of rotatable bonds is 3. The highest BCUT2D eigenvalue weighted by Crippen LogP contribution is 2.51. The highest BCUT2D eigenvalue weighted by atomic mass is 16.5. The summed E-state index contributed by atoms with van der Waals surface area (Å²) in [7, 11) is 0. The topological polar surface area (TPSA) is 21.3 Å². The maximum atomic E-state index is 5.73. The molecule has 2 heteroatoms. The van der Waals surface area contributed by atoms with Crippen molar-refractivity contribution in [3.05, 3.63) is 70.3 Å². The molecule has 1 heterocycles. The number of hydrogen-bond acceptors (Lipinski definition) is 2. The second-order valence-corrected chi connectivity index (χ2v) is 7.47. The van der Waals surface area contributed by atoms with E-state index in [1.165, 1.54) is 33.5 Å². The van der Waals surface area contributed by atoms with Crippen molar-refractivity contribution in [2.75, 3.05) is 11.9 Å². The van der Waals surface area contributed by atoms with E-state index in [1.807, 2.05) is 6.92 Å². The molecule has 0 amide bonds. The van der Waals surface area contributed by atoms with Crippen LogP contribution >= 0.6 is 0 Å². The van der Waals surface area contributed by atoms with Crippen molar-refractivity contribution in [3.8, 4) is 5.75 Å². The van der Waals surface area contributed by atoms with Gasteiger partial charge in [0.15, 0.2) is 0 Å². The summed E-state index contributed by atoms with van der Waals surface area (Å²) in [5.41, 5.74) is 8.25. The SMILES string of the molecule is CCOc1ccc2c(c1)C1C=CCC1C(c1c(C)cc(C)cc1C)N2.